The number of amides is 1. The highest BCUT2D eigenvalue weighted by Crippen LogP contribution is 2.36. The lowest BCUT2D eigenvalue weighted by Crippen LogP contribution is -2.35. The maximum atomic E-state index is 12.9. The highest BCUT2D eigenvalue weighted by Gasteiger charge is 2.26. The van der Waals surface area contributed by atoms with E-state index in [2.05, 4.69) is 5.32 Å². The van der Waals surface area contributed by atoms with Gasteiger partial charge in [0.25, 0.3) is 5.91 Å². The van der Waals surface area contributed by atoms with Gasteiger partial charge < -0.3 is 14.8 Å². The average molecular weight is 490 g/mol. The van der Waals surface area contributed by atoms with Crippen LogP contribution >= 0.6 is 11.6 Å². The van der Waals surface area contributed by atoms with Gasteiger partial charge in [-0.3, -0.25) is 4.79 Å². The Morgan fingerprint density at radius 3 is 2.52 bits per heavy atom. The fourth-order valence-electron chi connectivity index (χ4n) is 3.52. The van der Waals surface area contributed by atoms with Gasteiger partial charge in [0, 0.05) is 18.8 Å². The zero-order valence-electron chi connectivity index (χ0n) is 18.3. The SMILES string of the molecule is COc1cc(/C=C(\C#N)C(=O)Nc2cccc(S(=O)(=O)N3CCCCC3)c2)cc(Cl)c1OC. The summed E-state index contributed by atoms with van der Waals surface area (Å²) in [7, 11) is -0.751. The van der Waals surface area contributed by atoms with Crippen LogP contribution < -0.4 is 14.8 Å². The number of sulfonamides is 1. The van der Waals surface area contributed by atoms with Crippen molar-refractivity contribution in [1.29, 1.82) is 5.26 Å². The topological polar surface area (TPSA) is 109 Å². The second-order valence-electron chi connectivity index (χ2n) is 7.35. The first-order chi connectivity index (χ1) is 15.8. The predicted octanol–water partition coefficient (Wildman–Crippen LogP) is 4.08. The lowest BCUT2D eigenvalue weighted by atomic mass is 10.1. The zero-order valence-corrected chi connectivity index (χ0v) is 19.9. The number of carbonyl (C=O) groups is 1. The van der Waals surface area contributed by atoms with Gasteiger partial charge in [-0.25, -0.2) is 8.42 Å². The number of benzene rings is 2. The molecule has 1 heterocycles. The molecule has 174 valence electrons. The van der Waals surface area contributed by atoms with Crippen LogP contribution in [-0.4, -0.2) is 45.9 Å². The molecule has 1 N–H and O–H groups in total. The molecule has 0 atom stereocenters. The predicted molar refractivity (Wildman–Crippen MR) is 126 cm³/mol. The largest absolute Gasteiger partial charge is 0.493 e. The summed E-state index contributed by atoms with van der Waals surface area (Å²) in [6.45, 7) is 0.961. The molecule has 10 heteroatoms. The molecular weight excluding hydrogens is 466 g/mol. The summed E-state index contributed by atoms with van der Waals surface area (Å²) < 4.78 is 37.7. The number of hydrogen-bond acceptors (Lipinski definition) is 6. The second kappa shape index (κ2) is 10.7. The van der Waals surface area contributed by atoms with Gasteiger partial charge >= 0.3 is 0 Å². The number of nitrogens with one attached hydrogen (secondary N) is 1. The molecule has 3 rings (SSSR count). The van der Waals surface area contributed by atoms with Gasteiger partial charge in [0.1, 0.15) is 11.6 Å². The molecule has 33 heavy (non-hydrogen) atoms. The molecule has 8 nitrogen and oxygen atoms in total. The standard InChI is InChI=1S/C23H24ClN3O5S/c1-31-21-13-16(12-20(24)22(21)32-2)11-17(15-25)23(28)26-18-7-6-8-19(14-18)33(29,30)27-9-4-3-5-10-27/h6-8,11-14H,3-5,9-10H2,1-2H3,(H,26,28)/b17-11+. The van der Waals surface area contributed by atoms with Crippen LogP contribution in [0, 0.1) is 11.3 Å². The van der Waals surface area contributed by atoms with Gasteiger partial charge in [-0.15, -0.1) is 0 Å². The van der Waals surface area contributed by atoms with E-state index in [9.17, 15) is 18.5 Å². The number of halogens is 1. The summed E-state index contributed by atoms with van der Waals surface area (Å²) in [5, 5.41) is 12.4. The van der Waals surface area contributed by atoms with Crippen molar-refractivity contribution in [2.75, 3.05) is 32.6 Å². The van der Waals surface area contributed by atoms with E-state index in [1.165, 1.54) is 36.7 Å². The third kappa shape index (κ3) is 5.66. The van der Waals surface area contributed by atoms with Crippen LogP contribution in [0.1, 0.15) is 24.8 Å². The van der Waals surface area contributed by atoms with E-state index < -0.39 is 15.9 Å². The van der Waals surface area contributed by atoms with Crippen molar-refractivity contribution in [3.8, 4) is 17.6 Å². The molecule has 1 aliphatic rings. The van der Waals surface area contributed by atoms with E-state index in [-0.39, 0.29) is 21.2 Å². The van der Waals surface area contributed by atoms with Gasteiger partial charge in [0.15, 0.2) is 11.5 Å². The van der Waals surface area contributed by atoms with Crippen molar-refractivity contribution < 1.29 is 22.7 Å². The van der Waals surface area contributed by atoms with Crippen LogP contribution in [0.25, 0.3) is 6.08 Å². The highest BCUT2D eigenvalue weighted by atomic mass is 35.5. The minimum absolute atomic E-state index is 0.0939. The summed E-state index contributed by atoms with van der Waals surface area (Å²) in [6.07, 6.45) is 4.02. The van der Waals surface area contributed by atoms with Crippen molar-refractivity contribution in [3.05, 3.63) is 52.6 Å². The molecule has 1 fully saturated rings. The first-order valence-corrected chi connectivity index (χ1v) is 12.1. The second-order valence-corrected chi connectivity index (χ2v) is 9.70. The van der Waals surface area contributed by atoms with Crippen LogP contribution in [0.3, 0.4) is 0 Å². The Bertz CT molecular complexity index is 1220. The van der Waals surface area contributed by atoms with Crippen LogP contribution in [0.2, 0.25) is 5.02 Å². The number of hydrogen-bond donors (Lipinski definition) is 1. The molecule has 0 spiro atoms. The van der Waals surface area contributed by atoms with Gasteiger partial charge in [0.2, 0.25) is 10.0 Å². The molecule has 1 aliphatic heterocycles. The molecular formula is C23H24ClN3O5S. The fourth-order valence-corrected chi connectivity index (χ4v) is 5.38. The minimum Gasteiger partial charge on any atom is -0.493 e. The lowest BCUT2D eigenvalue weighted by molar-refractivity contribution is -0.112. The smallest absolute Gasteiger partial charge is 0.266 e. The average Bonchev–Trinajstić information content (AvgIpc) is 2.82. The van der Waals surface area contributed by atoms with E-state index in [4.69, 9.17) is 21.1 Å². The number of anilines is 1. The van der Waals surface area contributed by atoms with Gasteiger partial charge in [0.05, 0.1) is 24.1 Å². The number of nitriles is 1. The molecule has 1 amide bonds. The number of carbonyl (C=O) groups excluding carboxylic acids is 1. The maximum Gasteiger partial charge on any atom is 0.266 e. The third-order valence-electron chi connectivity index (χ3n) is 5.18. The molecule has 2 aromatic rings. The molecule has 0 radical (unpaired) electrons. The molecule has 0 saturated carbocycles. The number of piperidine rings is 1. The summed E-state index contributed by atoms with van der Waals surface area (Å²) in [5.41, 5.74) is 0.540. The van der Waals surface area contributed by atoms with Crippen LogP contribution in [0.5, 0.6) is 11.5 Å². The molecule has 0 unspecified atom stereocenters. The minimum atomic E-state index is -3.65. The van der Waals surface area contributed by atoms with Crippen molar-refractivity contribution in [2.24, 2.45) is 0 Å². The molecule has 2 aromatic carbocycles. The molecule has 1 saturated heterocycles. The summed E-state index contributed by atoms with van der Waals surface area (Å²) in [6, 6.07) is 11.0. The Balaban J connectivity index is 1.84. The van der Waals surface area contributed by atoms with Gasteiger partial charge in [-0.1, -0.05) is 24.1 Å². The Labute approximate surface area is 198 Å². The maximum absolute atomic E-state index is 12.9. The first kappa shape index (κ1) is 24.6. The van der Waals surface area contributed by atoms with Crippen LogP contribution in [0.15, 0.2) is 46.9 Å². The number of ether oxygens (including phenoxy) is 2. The van der Waals surface area contributed by atoms with E-state index in [0.29, 0.717) is 30.2 Å². The summed E-state index contributed by atoms with van der Waals surface area (Å²) in [4.78, 5) is 12.8. The number of rotatable bonds is 7. The van der Waals surface area contributed by atoms with E-state index in [0.717, 1.165) is 19.3 Å². The normalized spacial score (nSPS) is 14.9. The van der Waals surface area contributed by atoms with Crippen molar-refractivity contribution in [3.63, 3.8) is 0 Å². The van der Waals surface area contributed by atoms with E-state index >= 15 is 0 Å². The van der Waals surface area contributed by atoms with Gasteiger partial charge in [-0.2, -0.15) is 9.57 Å². The number of nitrogens with zero attached hydrogens (tertiary/aromatic N) is 2. The lowest BCUT2D eigenvalue weighted by Gasteiger charge is -2.26. The quantitative estimate of drug-likeness (QED) is 0.463. The van der Waals surface area contributed by atoms with Crippen molar-refractivity contribution in [2.45, 2.75) is 24.2 Å². The third-order valence-corrected chi connectivity index (χ3v) is 7.35. The Morgan fingerprint density at radius 2 is 1.88 bits per heavy atom. The Kier molecular flexibility index (Phi) is 7.97. The summed E-state index contributed by atoms with van der Waals surface area (Å²) >= 11 is 6.20. The molecule has 0 aromatic heterocycles. The monoisotopic (exact) mass is 489 g/mol. The number of methoxy groups -OCH3 is 2. The highest BCUT2D eigenvalue weighted by molar-refractivity contribution is 7.89. The van der Waals surface area contributed by atoms with Crippen LogP contribution in [-0.2, 0) is 14.8 Å². The van der Waals surface area contributed by atoms with E-state index in [1.807, 2.05) is 6.07 Å². The van der Waals surface area contributed by atoms with E-state index in [1.54, 1.807) is 24.3 Å². The molecule has 0 aliphatic carbocycles. The van der Waals surface area contributed by atoms with Crippen molar-refractivity contribution in [1.82, 2.24) is 4.31 Å². The zero-order chi connectivity index (χ0) is 24.0. The first-order valence-electron chi connectivity index (χ1n) is 10.2. The van der Waals surface area contributed by atoms with Crippen molar-refractivity contribution >= 4 is 39.3 Å². The Morgan fingerprint density at radius 1 is 1.15 bits per heavy atom. The van der Waals surface area contributed by atoms with Gasteiger partial charge in [-0.05, 0) is 54.8 Å². The fraction of sp³-hybridized carbons (Fsp3) is 0.304. The van der Waals surface area contributed by atoms with Crippen LogP contribution in [0.4, 0.5) is 5.69 Å². The molecule has 0 bridgehead atoms. The summed E-state index contributed by atoms with van der Waals surface area (Å²) in [5.74, 6) is 0.00602. The Hall–Kier alpha value is -3.06.